The van der Waals surface area contributed by atoms with Crippen molar-refractivity contribution >= 4 is 0 Å². The van der Waals surface area contributed by atoms with Crippen molar-refractivity contribution in [3.63, 3.8) is 0 Å². The Morgan fingerprint density at radius 1 is 1.00 bits per heavy atom. The van der Waals surface area contributed by atoms with Gasteiger partial charge in [0.25, 0.3) is 0 Å². The lowest BCUT2D eigenvalue weighted by Gasteiger charge is -2.44. The molecule has 0 N–H and O–H groups in total. The summed E-state index contributed by atoms with van der Waals surface area (Å²) in [6.07, 6.45) is 2.39. The number of nitriles is 2. The Balaban J connectivity index is 1.79. The second-order valence-electron chi connectivity index (χ2n) is 7.65. The first-order valence-electron chi connectivity index (χ1n) is 9.80. The summed E-state index contributed by atoms with van der Waals surface area (Å²) < 4.78 is 0. The quantitative estimate of drug-likeness (QED) is 0.738. The molecule has 27 heavy (non-hydrogen) atoms. The van der Waals surface area contributed by atoms with Gasteiger partial charge in [0.2, 0.25) is 0 Å². The second-order valence-corrected chi connectivity index (χ2v) is 7.65. The predicted molar refractivity (Wildman–Crippen MR) is 108 cm³/mol. The molecule has 1 fully saturated rings. The highest BCUT2D eigenvalue weighted by Gasteiger charge is 2.46. The SMILES string of the molecule is CC(CC#N)C(C#N)(c1ccccc1)C1CCN(Cc2ccccc2)CC1. The third-order valence-corrected chi connectivity index (χ3v) is 6.09. The lowest BCUT2D eigenvalue weighted by atomic mass is 9.60. The molecule has 3 nitrogen and oxygen atoms in total. The molecule has 1 saturated heterocycles. The van der Waals surface area contributed by atoms with E-state index in [0.29, 0.717) is 6.42 Å². The molecule has 0 aliphatic carbocycles. The van der Waals surface area contributed by atoms with Gasteiger partial charge in [0.15, 0.2) is 0 Å². The molecule has 0 saturated carbocycles. The predicted octanol–water partition coefficient (Wildman–Crippen LogP) is 4.91. The molecule has 2 unspecified atom stereocenters. The van der Waals surface area contributed by atoms with Crippen molar-refractivity contribution in [3.8, 4) is 12.1 Å². The molecule has 0 radical (unpaired) electrons. The first kappa shape index (κ1) is 19.2. The molecule has 1 aliphatic heterocycles. The van der Waals surface area contributed by atoms with Gasteiger partial charge in [-0.2, -0.15) is 10.5 Å². The Bertz CT molecular complexity index is 795. The lowest BCUT2D eigenvalue weighted by molar-refractivity contribution is 0.119. The average Bonchev–Trinajstić information content (AvgIpc) is 2.72. The standard InChI is InChI=1S/C24H27N3/c1-20(12-15-25)24(19-26,22-10-6-3-7-11-22)23-13-16-27(17-14-23)18-21-8-4-2-5-9-21/h2-11,20,23H,12-14,16-18H2,1H3. The highest BCUT2D eigenvalue weighted by molar-refractivity contribution is 5.35. The van der Waals surface area contributed by atoms with E-state index in [4.69, 9.17) is 0 Å². The van der Waals surface area contributed by atoms with Crippen LogP contribution in [0.15, 0.2) is 60.7 Å². The number of piperidine rings is 1. The summed E-state index contributed by atoms with van der Waals surface area (Å²) in [4.78, 5) is 2.48. The van der Waals surface area contributed by atoms with Crippen molar-refractivity contribution < 1.29 is 0 Å². The maximum atomic E-state index is 10.3. The maximum absolute atomic E-state index is 10.3. The summed E-state index contributed by atoms with van der Waals surface area (Å²) in [5, 5.41) is 19.6. The fourth-order valence-electron chi connectivity index (χ4n) is 4.59. The number of hydrogen-bond acceptors (Lipinski definition) is 3. The van der Waals surface area contributed by atoms with Crippen LogP contribution in [0.25, 0.3) is 0 Å². The Morgan fingerprint density at radius 2 is 1.59 bits per heavy atom. The lowest BCUT2D eigenvalue weighted by Crippen LogP contribution is -2.46. The zero-order valence-corrected chi connectivity index (χ0v) is 16.0. The largest absolute Gasteiger partial charge is 0.299 e. The van der Waals surface area contributed by atoms with Crippen molar-refractivity contribution in [3.05, 3.63) is 71.8 Å². The summed E-state index contributed by atoms with van der Waals surface area (Å²) >= 11 is 0. The van der Waals surface area contributed by atoms with Crippen LogP contribution in [-0.4, -0.2) is 18.0 Å². The van der Waals surface area contributed by atoms with Crippen molar-refractivity contribution in [1.82, 2.24) is 4.90 Å². The highest BCUT2D eigenvalue weighted by Crippen LogP contribution is 2.45. The topological polar surface area (TPSA) is 50.8 Å². The van der Waals surface area contributed by atoms with E-state index in [2.05, 4.69) is 60.4 Å². The van der Waals surface area contributed by atoms with Gasteiger partial charge >= 0.3 is 0 Å². The van der Waals surface area contributed by atoms with E-state index in [1.165, 1.54) is 5.56 Å². The van der Waals surface area contributed by atoms with Gasteiger partial charge in [-0.05, 0) is 48.9 Å². The molecule has 3 rings (SSSR count). The minimum Gasteiger partial charge on any atom is -0.299 e. The van der Waals surface area contributed by atoms with Gasteiger partial charge in [-0.3, -0.25) is 4.90 Å². The molecule has 0 amide bonds. The van der Waals surface area contributed by atoms with E-state index in [9.17, 15) is 10.5 Å². The highest BCUT2D eigenvalue weighted by atomic mass is 15.1. The van der Waals surface area contributed by atoms with E-state index >= 15 is 0 Å². The number of likely N-dealkylation sites (tertiary alicyclic amines) is 1. The van der Waals surface area contributed by atoms with Gasteiger partial charge in [-0.25, -0.2) is 0 Å². The van der Waals surface area contributed by atoms with Crippen LogP contribution in [0.3, 0.4) is 0 Å². The minimum atomic E-state index is -0.587. The van der Waals surface area contributed by atoms with E-state index in [1.807, 2.05) is 24.3 Å². The molecular formula is C24H27N3. The van der Waals surface area contributed by atoms with Crippen LogP contribution in [0.1, 0.15) is 37.3 Å². The zero-order valence-electron chi connectivity index (χ0n) is 16.0. The molecule has 2 atom stereocenters. The normalized spacial score (nSPS) is 18.8. The van der Waals surface area contributed by atoms with Crippen LogP contribution in [-0.2, 0) is 12.0 Å². The van der Waals surface area contributed by atoms with Crippen LogP contribution in [0, 0.1) is 34.5 Å². The molecule has 1 aliphatic rings. The first-order chi connectivity index (χ1) is 13.2. The summed E-state index contributed by atoms with van der Waals surface area (Å²) in [6.45, 7) is 5.02. The van der Waals surface area contributed by atoms with Gasteiger partial charge in [0, 0.05) is 13.0 Å². The first-order valence-corrected chi connectivity index (χ1v) is 9.80. The Morgan fingerprint density at radius 3 is 2.15 bits per heavy atom. The van der Waals surface area contributed by atoms with Crippen molar-refractivity contribution in [2.45, 2.75) is 38.1 Å². The Labute approximate surface area is 162 Å². The van der Waals surface area contributed by atoms with Gasteiger partial charge in [-0.15, -0.1) is 0 Å². The fraction of sp³-hybridized carbons (Fsp3) is 0.417. The molecule has 0 bridgehead atoms. The van der Waals surface area contributed by atoms with Gasteiger partial charge in [0.1, 0.15) is 0 Å². The average molecular weight is 358 g/mol. The molecule has 3 heteroatoms. The van der Waals surface area contributed by atoms with E-state index in [0.717, 1.165) is 38.0 Å². The smallest absolute Gasteiger partial charge is 0.0886 e. The molecular weight excluding hydrogens is 330 g/mol. The number of benzene rings is 2. The van der Waals surface area contributed by atoms with E-state index < -0.39 is 5.41 Å². The van der Waals surface area contributed by atoms with Crippen LogP contribution < -0.4 is 0 Å². The molecule has 138 valence electrons. The van der Waals surface area contributed by atoms with Crippen molar-refractivity contribution in [1.29, 1.82) is 10.5 Å². The monoisotopic (exact) mass is 357 g/mol. The third kappa shape index (κ3) is 4.05. The Hall–Kier alpha value is -2.62. The summed E-state index contributed by atoms with van der Waals surface area (Å²) in [7, 11) is 0. The minimum absolute atomic E-state index is 0.0144. The number of hydrogen-bond donors (Lipinski definition) is 0. The molecule has 1 heterocycles. The molecule has 0 spiro atoms. The van der Waals surface area contributed by atoms with Crippen molar-refractivity contribution in [2.24, 2.45) is 11.8 Å². The fourth-order valence-corrected chi connectivity index (χ4v) is 4.59. The van der Waals surface area contributed by atoms with E-state index in [1.54, 1.807) is 0 Å². The third-order valence-electron chi connectivity index (χ3n) is 6.09. The summed E-state index contributed by atoms with van der Waals surface area (Å²) in [5.41, 5.74) is 1.82. The zero-order chi connectivity index (χ0) is 19.1. The summed E-state index contributed by atoms with van der Waals surface area (Å²) in [5.74, 6) is 0.292. The molecule has 2 aromatic carbocycles. The van der Waals surface area contributed by atoms with Crippen LogP contribution >= 0.6 is 0 Å². The van der Waals surface area contributed by atoms with Gasteiger partial charge < -0.3 is 0 Å². The van der Waals surface area contributed by atoms with Crippen LogP contribution in [0.2, 0.25) is 0 Å². The van der Waals surface area contributed by atoms with Gasteiger partial charge in [0.05, 0.1) is 17.6 Å². The summed E-state index contributed by atoms with van der Waals surface area (Å²) in [6, 6.07) is 25.7. The van der Waals surface area contributed by atoms with Crippen molar-refractivity contribution in [2.75, 3.05) is 13.1 Å². The molecule has 2 aromatic rings. The maximum Gasteiger partial charge on any atom is 0.0886 e. The number of rotatable bonds is 6. The molecule has 0 aromatic heterocycles. The van der Waals surface area contributed by atoms with Crippen LogP contribution in [0.5, 0.6) is 0 Å². The van der Waals surface area contributed by atoms with Gasteiger partial charge in [-0.1, -0.05) is 67.6 Å². The van der Waals surface area contributed by atoms with E-state index in [-0.39, 0.29) is 11.8 Å². The van der Waals surface area contributed by atoms with Crippen LogP contribution in [0.4, 0.5) is 0 Å². The Kier molecular flexibility index (Phi) is 6.28. The number of nitrogens with zero attached hydrogens (tertiary/aromatic N) is 3. The second kappa shape index (κ2) is 8.85.